The number of halogens is 4. The molecule has 3 N–H and O–H groups in total. The molecular formula is C21H17BrF3N3O3S. The molecule has 11 heteroatoms. The second-order valence-electron chi connectivity index (χ2n) is 6.86. The van der Waals surface area contributed by atoms with Gasteiger partial charge in [0.25, 0.3) is 0 Å². The second-order valence-corrected chi connectivity index (χ2v) is 8.10. The molecule has 0 aliphatic carbocycles. The van der Waals surface area contributed by atoms with Gasteiger partial charge in [0, 0.05) is 21.4 Å². The van der Waals surface area contributed by atoms with Gasteiger partial charge in [-0.15, -0.1) is 0 Å². The van der Waals surface area contributed by atoms with Crippen LogP contribution in [0.5, 0.6) is 0 Å². The van der Waals surface area contributed by atoms with Crippen LogP contribution in [0.1, 0.15) is 34.5 Å². The quantitative estimate of drug-likeness (QED) is 0.451. The summed E-state index contributed by atoms with van der Waals surface area (Å²) in [7, 11) is 1.20. The van der Waals surface area contributed by atoms with E-state index < -0.39 is 29.7 Å². The number of allylic oxidation sites excluding steroid dienone is 1. The van der Waals surface area contributed by atoms with E-state index in [0.717, 1.165) is 12.1 Å². The monoisotopic (exact) mass is 527 g/mol. The van der Waals surface area contributed by atoms with Crippen LogP contribution >= 0.6 is 28.1 Å². The summed E-state index contributed by atoms with van der Waals surface area (Å²) in [6.45, 7) is 1.57. The Morgan fingerprint density at radius 3 is 2.47 bits per heavy atom. The lowest BCUT2D eigenvalue weighted by atomic mass is 9.94. The normalized spacial score (nSPS) is 16.6. The van der Waals surface area contributed by atoms with Crippen LogP contribution in [0.3, 0.4) is 0 Å². The Balaban J connectivity index is 2.16. The second kappa shape index (κ2) is 8.91. The molecule has 1 heterocycles. The summed E-state index contributed by atoms with van der Waals surface area (Å²) in [6, 6.07) is 8.43. The lowest BCUT2D eigenvalue weighted by Gasteiger charge is -2.38. The van der Waals surface area contributed by atoms with Crippen LogP contribution in [0.2, 0.25) is 0 Å². The first-order chi connectivity index (χ1) is 15.0. The van der Waals surface area contributed by atoms with Crippen LogP contribution in [0, 0.1) is 0 Å². The van der Waals surface area contributed by atoms with Crippen LogP contribution in [0.4, 0.5) is 18.9 Å². The molecule has 32 heavy (non-hydrogen) atoms. The van der Waals surface area contributed by atoms with Gasteiger partial charge in [-0.2, -0.15) is 13.2 Å². The summed E-state index contributed by atoms with van der Waals surface area (Å²) in [4.78, 5) is 25.5. The summed E-state index contributed by atoms with van der Waals surface area (Å²) < 4.78 is 45.1. The summed E-state index contributed by atoms with van der Waals surface area (Å²) in [5.74, 6) is -1.31. The van der Waals surface area contributed by atoms with E-state index in [-0.39, 0.29) is 21.9 Å². The minimum absolute atomic E-state index is 0.0883. The first-order valence-corrected chi connectivity index (χ1v) is 10.3. The number of benzene rings is 2. The van der Waals surface area contributed by atoms with Crippen molar-refractivity contribution in [2.45, 2.75) is 19.1 Å². The molecule has 1 atom stereocenters. The highest BCUT2D eigenvalue weighted by Crippen LogP contribution is 2.38. The first kappa shape index (κ1) is 23.7. The Kier molecular flexibility index (Phi) is 6.61. The smallest absolute Gasteiger partial charge is 0.416 e. The van der Waals surface area contributed by atoms with Crippen molar-refractivity contribution in [2.24, 2.45) is 5.73 Å². The number of amides is 1. The van der Waals surface area contributed by atoms with E-state index >= 15 is 0 Å². The third kappa shape index (κ3) is 4.49. The number of hydrogen-bond donors (Lipinski definition) is 2. The average molecular weight is 528 g/mol. The summed E-state index contributed by atoms with van der Waals surface area (Å²) in [5.41, 5.74) is 5.86. The van der Waals surface area contributed by atoms with Crippen molar-refractivity contribution in [3.05, 3.63) is 74.9 Å². The van der Waals surface area contributed by atoms with Crippen molar-refractivity contribution in [1.29, 1.82) is 0 Å². The molecule has 3 rings (SSSR count). The molecule has 0 fully saturated rings. The van der Waals surface area contributed by atoms with Gasteiger partial charge in [-0.25, -0.2) is 4.79 Å². The van der Waals surface area contributed by atoms with E-state index in [2.05, 4.69) is 21.2 Å². The fourth-order valence-corrected chi connectivity index (χ4v) is 4.37. The summed E-state index contributed by atoms with van der Waals surface area (Å²) in [6.07, 6.45) is -4.54. The minimum atomic E-state index is -4.54. The number of anilines is 1. The number of ether oxygens (including phenoxy) is 1. The van der Waals surface area contributed by atoms with Gasteiger partial charge in [-0.3, -0.25) is 9.69 Å². The van der Waals surface area contributed by atoms with Crippen molar-refractivity contribution in [3.8, 4) is 0 Å². The summed E-state index contributed by atoms with van der Waals surface area (Å²) in [5, 5.41) is 3.08. The van der Waals surface area contributed by atoms with Crippen molar-refractivity contribution >= 4 is 50.8 Å². The molecule has 1 unspecified atom stereocenters. The molecule has 0 saturated heterocycles. The molecule has 0 radical (unpaired) electrons. The third-order valence-electron chi connectivity index (χ3n) is 4.92. The van der Waals surface area contributed by atoms with E-state index in [9.17, 15) is 22.8 Å². The molecular weight excluding hydrogens is 511 g/mol. The number of methoxy groups -OCH3 is 1. The zero-order chi connectivity index (χ0) is 23.8. The Morgan fingerprint density at radius 2 is 1.91 bits per heavy atom. The zero-order valence-electron chi connectivity index (χ0n) is 16.8. The number of hydrogen-bond acceptors (Lipinski definition) is 4. The van der Waals surface area contributed by atoms with Gasteiger partial charge in [-0.05, 0) is 55.0 Å². The Bertz CT molecular complexity index is 1150. The molecule has 1 aliphatic rings. The number of alkyl halides is 3. The average Bonchev–Trinajstić information content (AvgIpc) is 2.72. The molecule has 0 spiro atoms. The maximum absolute atomic E-state index is 13.2. The fraction of sp³-hybridized carbons (Fsp3) is 0.190. The van der Waals surface area contributed by atoms with E-state index in [4.69, 9.17) is 22.7 Å². The number of esters is 1. The van der Waals surface area contributed by atoms with E-state index in [1.54, 1.807) is 13.0 Å². The Morgan fingerprint density at radius 1 is 1.22 bits per heavy atom. The van der Waals surface area contributed by atoms with Gasteiger partial charge in [0.2, 0.25) is 5.91 Å². The van der Waals surface area contributed by atoms with Crippen molar-refractivity contribution in [3.63, 3.8) is 0 Å². The molecule has 0 aromatic heterocycles. The van der Waals surface area contributed by atoms with Crippen LogP contribution in [-0.4, -0.2) is 24.1 Å². The van der Waals surface area contributed by atoms with Gasteiger partial charge >= 0.3 is 12.1 Å². The van der Waals surface area contributed by atoms with E-state index in [0.29, 0.717) is 15.7 Å². The molecule has 168 valence electrons. The van der Waals surface area contributed by atoms with Crippen molar-refractivity contribution < 1.29 is 27.5 Å². The predicted octanol–water partition coefficient (Wildman–Crippen LogP) is 4.45. The number of rotatable bonds is 4. The molecule has 1 aliphatic heterocycles. The highest BCUT2D eigenvalue weighted by Gasteiger charge is 2.37. The highest BCUT2D eigenvalue weighted by molar-refractivity contribution is 9.10. The number of carbonyl (C=O) groups is 2. The van der Waals surface area contributed by atoms with Crippen LogP contribution in [0.15, 0.2) is 58.2 Å². The highest BCUT2D eigenvalue weighted by atomic mass is 79.9. The van der Waals surface area contributed by atoms with E-state index in [1.807, 2.05) is 0 Å². The van der Waals surface area contributed by atoms with Crippen molar-refractivity contribution in [2.75, 3.05) is 12.0 Å². The van der Waals surface area contributed by atoms with Gasteiger partial charge in [-0.1, -0.05) is 28.1 Å². The zero-order valence-corrected chi connectivity index (χ0v) is 19.2. The van der Waals surface area contributed by atoms with Crippen LogP contribution in [0.25, 0.3) is 0 Å². The van der Waals surface area contributed by atoms with Gasteiger partial charge < -0.3 is 15.8 Å². The molecule has 1 amide bonds. The molecule has 2 aromatic rings. The SMILES string of the molecule is COC(=O)C1=C(C)N(c2cccc(C(F)(F)F)c2)C(=S)NC1c1ccc(C(N)=O)cc1Br. The number of nitrogens with one attached hydrogen (secondary N) is 1. The largest absolute Gasteiger partial charge is 0.466 e. The van der Waals surface area contributed by atoms with Gasteiger partial charge in [0.15, 0.2) is 5.11 Å². The molecule has 0 saturated carbocycles. The van der Waals surface area contributed by atoms with Crippen LogP contribution < -0.4 is 16.0 Å². The van der Waals surface area contributed by atoms with E-state index in [1.165, 1.54) is 36.3 Å². The fourth-order valence-electron chi connectivity index (χ4n) is 3.40. The number of carbonyl (C=O) groups excluding carboxylic acids is 2. The Hall–Kier alpha value is -2.92. The number of nitrogens with zero attached hydrogens (tertiary/aromatic N) is 1. The molecule has 6 nitrogen and oxygen atoms in total. The number of nitrogens with two attached hydrogens (primary N) is 1. The predicted molar refractivity (Wildman–Crippen MR) is 120 cm³/mol. The Labute approximate surface area is 195 Å². The number of thiocarbonyl (C=S) groups is 1. The minimum Gasteiger partial charge on any atom is -0.466 e. The lowest BCUT2D eigenvalue weighted by molar-refractivity contribution is -0.138. The molecule has 0 bridgehead atoms. The third-order valence-corrected chi connectivity index (χ3v) is 5.90. The van der Waals surface area contributed by atoms with Crippen molar-refractivity contribution in [1.82, 2.24) is 5.32 Å². The number of primary amides is 1. The first-order valence-electron chi connectivity index (χ1n) is 9.12. The maximum atomic E-state index is 13.2. The topological polar surface area (TPSA) is 84.7 Å². The summed E-state index contributed by atoms with van der Waals surface area (Å²) >= 11 is 8.82. The standard InChI is InChI=1S/C21H17BrF3N3O3S/c1-10-16(19(30)31-2)17(14-7-6-11(18(26)29)8-15(14)22)27-20(32)28(10)13-5-3-4-12(9-13)21(23,24)25/h3-9,17H,1-2H3,(H2,26,29)(H,27,32). The lowest BCUT2D eigenvalue weighted by Crippen LogP contribution is -2.48. The van der Waals surface area contributed by atoms with Gasteiger partial charge in [0.1, 0.15) is 0 Å². The van der Waals surface area contributed by atoms with Crippen LogP contribution in [-0.2, 0) is 15.7 Å². The maximum Gasteiger partial charge on any atom is 0.416 e. The van der Waals surface area contributed by atoms with Gasteiger partial charge in [0.05, 0.1) is 24.3 Å². The molecule has 2 aromatic carbocycles.